The minimum Gasteiger partial charge on any atom is -0.341 e. The molecular weight excluding hydrogens is 273 g/mol. The lowest BCUT2D eigenvalue weighted by molar-refractivity contribution is -0.130. The van der Waals surface area contributed by atoms with E-state index in [-0.39, 0.29) is 36.8 Å². The van der Waals surface area contributed by atoms with E-state index in [1.165, 1.54) is 0 Å². The summed E-state index contributed by atoms with van der Waals surface area (Å²) in [5, 5.41) is 0. The predicted molar refractivity (Wildman–Crippen MR) is 76.2 cm³/mol. The van der Waals surface area contributed by atoms with Gasteiger partial charge in [-0.05, 0) is 30.5 Å². The van der Waals surface area contributed by atoms with Gasteiger partial charge in [-0.25, -0.2) is 0 Å². The molecule has 1 fully saturated rings. The maximum Gasteiger partial charge on any atom is 0.222 e. The summed E-state index contributed by atoms with van der Waals surface area (Å²) in [6, 6.07) is 4.07. The Morgan fingerprint density at radius 2 is 2.06 bits per heavy atom. The molecule has 1 aromatic rings. The van der Waals surface area contributed by atoms with Gasteiger partial charge in [0.15, 0.2) is 0 Å². The third-order valence-corrected chi connectivity index (χ3v) is 2.95. The summed E-state index contributed by atoms with van der Waals surface area (Å²) in [5.74, 6) is 0.213. The largest absolute Gasteiger partial charge is 0.341 e. The first-order valence-corrected chi connectivity index (χ1v) is 5.68. The molecule has 0 saturated carbocycles. The van der Waals surface area contributed by atoms with Gasteiger partial charge in [0.25, 0.3) is 0 Å². The molecule has 6 heteroatoms. The van der Waals surface area contributed by atoms with Crippen LogP contribution in [0.2, 0.25) is 0 Å². The second-order valence-corrected chi connectivity index (χ2v) is 4.24. The van der Waals surface area contributed by atoms with Crippen LogP contribution in [0.5, 0.6) is 0 Å². The molecule has 1 unspecified atom stereocenters. The zero-order chi connectivity index (χ0) is 11.4. The molecule has 1 atom stereocenters. The van der Waals surface area contributed by atoms with Gasteiger partial charge < -0.3 is 10.6 Å². The Balaban J connectivity index is 0.00000144. The van der Waals surface area contributed by atoms with E-state index >= 15 is 0 Å². The van der Waals surface area contributed by atoms with Gasteiger partial charge >= 0.3 is 0 Å². The normalized spacial score (nSPS) is 17.8. The van der Waals surface area contributed by atoms with Gasteiger partial charge in [0.2, 0.25) is 5.91 Å². The first kappa shape index (κ1) is 17.2. The van der Waals surface area contributed by atoms with Gasteiger partial charge in [0.1, 0.15) is 0 Å². The Morgan fingerprint density at radius 3 is 2.61 bits per heavy atom. The molecule has 102 valence electrons. The van der Waals surface area contributed by atoms with Crippen LogP contribution in [0.4, 0.5) is 0 Å². The molecule has 0 radical (unpaired) electrons. The van der Waals surface area contributed by atoms with Crippen molar-refractivity contribution in [3.05, 3.63) is 30.1 Å². The number of rotatable bonds is 3. The van der Waals surface area contributed by atoms with Gasteiger partial charge in [-0.15, -0.1) is 24.8 Å². The maximum absolute atomic E-state index is 11.8. The number of carbonyl (C=O) groups excluding carboxylic acids is 1. The number of aromatic nitrogens is 1. The van der Waals surface area contributed by atoms with E-state index in [9.17, 15) is 4.79 Å². The number of carbonyl (C=O) groups is 1. The van der Waals surface area contributed by atoms with Gasteiger partial charge in [0, 0.05) is 37.9 Å². The molecule has 4 nitrogen and oxygen atoms in total. The topological polar surface area (TPSA) is 59.2 Å². The average molecular weight is 292 g/mol. The number of pyridine rings is 1. The Bertz CT molecular complexity index is 362. The molecule has 0 bridgehead atoms. The number of aryl methyl sites for hydroxylation is 1. The fourth-order valence-corrected chi connectivity index (χ4v) is 1.97. The Labute approximate surface area is 120 Å². The lowest BCUT2D eigenvalue weighted by atomic mass is 10.1. The summed E-state index contributed by atoms with van der Waals surface area (Å²) in [6.07, 6.45) is 5.79. The summed E-state index contributed by atoms with van der Waals surface area (Å²) in [6.45, 7) is 1.53. The molecule has 2 N–H and O–H groups in total. The maximum atomic E-state index is 11.8. The quantitative estimate of drug-likeness (QED) is 0.916. The van der Waals surface area contributed by atoms with Crippen molar-refractivity contribution in [1.29, 1.82) is 0 Å². The molecule has 2 rings (SSSR count). The lowest BCUT2D eigenvalue weighted by Gasteiger charge is -2.15. The Hall–Kier alpha value is -0.840. The molecular formula is C12H19Cl2N3O. The number of amides is 1. The highest BCUT2D eigenvalue weighted by molar-refractivity contribution is 5.85. The zero-order valence-electron chi connectivity index (χ0n) is 10.1. The highest BCUT2D eigenvalue weighted by atomic mass is 35.5. The van der Waals surface area contributed by atoms with E-state index < -0.39 is 0 Å². The van der Waals surface area contributed by atoms with E-state index in [2.05, 4.69) is 4.98 Å². The van der Waals surface area contributed by atoms with Crippen molar-refractivity contribution in [3.63, 3.8) is 0 Å². The average Bonchev–Trinajstić information content (AvgIpc) is 2.74. The number of hydrogen-bond donors (Lipinski definition) is 1. The standard InChI is InChI=1S/C12H17N3O.2ClH/c13-11-5-8-15(9-11)12(16)2-1-10-3-6-14-7-4-10;;/h3-4,6-7,11H,1-2,5,8-9,13H2;2*1H. The van der Waals surface area contributed by atoms with E-state index in [0.29, 0.717) is 6.42 Å². The zero-order valence-corrected chi connectivity index (χ0v) is 11.8. The minimum atomic E-state index is 0. The lowest BCUT2D eigenvalue weighted by Crippen LogP contribution is -2.31. The Kier molecular flexibility index (Phi) is 7.91. The summed E-state index contributed by atoms with van der Waals surface area (Å²) in [4.78, 5) is 17.6. The van der Waals surface area contributed by atoms with Crippen LogP contribution in [0.25, 0.3) is 0 Å². The summed E-state index contributed by atoms with van der Waals surface area (Å²) < 4.78 is 0. The van der Waals surface area contributed by atoms with Crippen LogP contribution < -0.4 is 5.73 Å². The molecule has 1 amide bonds. The summed E-state index contributed by atoms with van der Waals surface area (Å²) >= 11 is 0. The van der Waals surface area contributed by atoms with Crippen LogP contribution in [0.15, 0.2) is 24.5 Å². The second kappa shape index (κ2) is 8.29. The molecule has 1 saturated heterocycles. The van der Waals surface area contributed by atoms with E-state index in [1.807, 2.05) is 17.0 Å². The van der Waals surface area contributed by atoms with Crippen LogP contribution in [0.1, 0.15) is 18.4 Å². The van der Waals surface area contributed by atoms with Crippen molar-refractivity contribution >= 4 is 30.7 Å². The molecule has 0 aliphatic carbocycles. The first-order chi connectivity index (χ1) is 7.75. The van der Waals surface area contributed by atoms with Crippen molar-refractivity contribution in [2.45, 2.75) is 25.3 Å². The fourth-order valence-electron chi connectivity index (χ4n) is 1.97. The smallest absolute Gasteiger partial charge is 0.222 e. The van der Waals surface area contributed by atoms with Gasteiger partial charge in [0.05, 0.1) is 0 Å². The summed E-state index contributed by atoms with van der Waals surface area (Å²) in [5.41, 5.74) is 6.93. The minimum absolute atomic E-state index is 0. The van der Waals surface area contributed by atoms with Crippen LogP contribution in [-0.4, -0.2) is 34.9 Å². The van der Waals surface area contributed by atoms with Crippen LogP contribution in [-0.2, 0) is 11.2 Å². The van der Waals surface area contributed by atoms with Crippen LogP contribution in [0, 0.1) is 0 Å². The van der Waals surface area contributed by atoms with Crippen LogP contribution >= 0.6 is 24.8 Å². The predicted octanol–water partition coefficient (Wildman–Crippen LogP) is 1.42. The number of nitrogens with zero attached hydrogens (tertiary/aromatic N) is 2. The SMILES string of the molecule is Cl.Cl.NC1CCN(C(=O)CCc2ccncc2)C1. The molecule has 0 spiro atoms. The van der Waals surface area contributed by atoms with Gasteiger partial charge in [-0.2, -0.15) is 0 Å². The molecule has 1 aromatic heterocycles. The fraction of sp³-hybridized carbons (Fsp3) is 0.500. The van der Waals surface area contributed by atoms with Crippen LogP contribution in [0.3, 0.4) is 0 Å². The number of hydrogen-bond acceptors (Lipinski definition) is 3. The molecule has 2 heterocycles. The van der Waals surface area contributed by atoms with Crippen molar-refractivity contribution in [1.82, 2.24) is 9.88 Å². The van der Waals surface area contributed by atoms with Gasteiger partial charge in [-0.1, -0.05) is 0 Å². The number of nitrogens with two attached hydrogens (primary N) is 1. The first-order valence-electron chi connectivity index (χ1n) is 5.68. The van der Waals surface area contributed by atoms with Crippen molar-refractivity contribution in [3.8, 4) is 0 Å². The molecule has 18 heavy (non-hydrogen) atoms. The third kappa shape index (κ3) is 4.80. The second-order valence-electron chi connectivity index (χ2n) is 4.24. The third-order valence-electron chi connectivity index (χ3n) is 2.95. The number of halogens is 2. The van der Waals surface area contributed by atoms with E-state index in [1.54, 1.807) is 12.4 Å². The highest BCUT2D eigenvalue weighted by Gasteiger charge is 2.22. The van der Waals surface area contributed by atoms with Gasteiger partial charge in [-0.3, -0.25) is 9.78 Å². The molecule has 0 aromatic carbocycles. The summed E-state index contributed by atoms with van der Waals surface area (Å²) in [7, 11) is 0. The molecule has 1 aliphatic heterocycles. The monoisotopic (exact) mass is 291 g/mol. The van der Waals surface area contributed by atoms with E-state index in [0.717, 1.165) is 31.5 Å². The van der Waals surface area contributed by atoms with Crippen molar-refractivity contribution in [2.24, 2.45) is 5.73 Å². The van der Waals surface area contributed by atoms with E-state index in [4.69, 9.17) is 5.73 Å². The highest BCUT2D eigenvalue weighted by Crippen LogP contribution is 2.10. The molecule has 1 aliphatic rings. The number of likely N-dealkylation sites (tertiary alicyclic amines) is 1. The Morgan fingerprint density at radius 1 is 1.39 bits per heavy atom. The van der Waals surface area contributed by atoms with Crippen molar-refractivity contribution < 1.29 is 4.79 Å². The van der Waals surface area contributed by atoms with Crippen molar-refractivity contribution in [2.75, 3.05) is 13.1 Å².